The topological polar surface area (TPSA) is 90.1 Å². The lowest BCUT2D eigenvalue weighted by Crippen LogP contribution is -2.14. The molecule has 0 atom stereocenters. The van der Waals surface area contributed by atoms with Crippen molar-refractivity contribution in [1.82, 2.24) is 9.78 Å². The van der Waals surface area contributed by atoms with Crippen LogP contribution in [0.15, 0.2) is 22.7 Å². The summed E-state index contributed by atoms with van der Waals surface area (Å²) in [6.07, 6.45) is 0.405. The minimum absolute atomic E-state index is 0.0519. The Morgan fingerprint density at radius 1 is 1.42 bits per heavy atom. The van der Waals surface area contributed by atoms with Gasteiger partial charge in [-0.3, -0.25) is 4.79 Å². The second-order valence-corrected chi connectivity index (χ2v) is 5.87. The number of nitro groups is 1. The van der Waals surface area contributed by atoms with E-state index >= 15 is 0 Å². The van der Waals surface area contributed by atoms with Gasteiger partial charge in [0.25, 0.3) is 0 Å². The van der Waals surface area contributed by atoms with Crippen molar-refractivity contribution >= 4 is 33.3 Å². The Morgan fingerprint density at radius 3 is 2.71 bits per heavy atom. The molecule has 0 aliphatic heterocycles. The number of nitrogens with one attached hydrogen (secondary N) is 1. The zero-order chi connectivity index (χ0) is 17.9. The first kappa shape index (κ1) is 18.0. The third kappa shape index (κ3) is 4.34. The molecule has 128 valence electrons. The number of carbonyl (C=O) groups excluding carboxylic acids is 1. The highest BCUT2D eigenvalue weighted by molar-refractivity contribution is 9.10. The van der Waals surface area contributed by atoms with E-state index in [1.165, 1.54) is 10.7 Å². The van der Waals surface area contributed by atoms with Crippen LogP contribution >= 0.6 is 15.9 Å². The summed E-state index contributed by atoms with van der Waals surface area (Å²) in [6.45, 7) is 1.98. The minimum atomic E-state index is -0.881. The number of carbonyl (C=O) groups is 1. The van der Waals surface area contributed by atoms with Crippen LogP contribution in [0.4, 0.5) is 20.3 Å². The summed E-state index contributed by atoms with van der Waals surface area (Å²) in [5.41, 5.74) is 0.474. The van der Waals surface area contributed by atoms with E-state index in [9.17, 15) is 23.7 Å². The van der Waals surface area contributed by atoms with Crippen LogP contribution in [0.5, 0.6) is 0 Å². The zero-order valence-corrected chi connectivity index (χ0v) is 14.1. The van der Waals surface area contributed by atoms with Gasteiger partial charge in [0.05, 0.1) is 29.1 Å². The Bertz CT molecular complexity index is 771. The second-order valence-electron chi connectivity index (χ2n) is 5.02. The lowest BCUT2D eigenvalue weighted by Gasteiger charge is -2.08. The Kier molecular flexibility index (Phi) is 5.60. The second kappa shape index (κ2) is 7.47. The molecule has 1 amide bonds. The number of halogens is 3. The Balaban J connectivity index is 1.91. The number of anilines is 1. The molecule has 0 spiro atoms. The molecule has 0 unspecified atom stereocenters. The number of nitrogens with zero attached hydrogens (tertiary/aromatic N) is 3. The van der Waals surface area contributed by atoms with E-state index in [-0.39, 0.29) is 22.4 Å². The number of amides is 1. The third-order valence-corrected chi connectivity index (χ3v) is 3.83. The van der Waals surface area contributed by atoms with Crippen LogP contribution in [-0.4, -0.2) is 20.6 Å². The summed E-state index contributed by atoms with van der Waals surface area (Å²) in [4.78, 5) is 21.9. The third-order valence-electron chi connectivity index (χ3n) is 3.20. The van der Waals surface area contributed by atoms with E-state index in [2.05, 4.69) is 26.3 Å². The summed E-state index contributed by atoms with van der Waals surface area (Å²) in [6, 6.07) is 3.06. The lowest BCUT2D eigenvalue weighted by atomic mass is 10.2. The fraction of sp³-hybridized carbons (Fsp3) is 0.286. The molecule has 2 aromatic rings. The van der Waals surface area contributed by atoms with Gasteiger partial charge in [0, 0.05) is 17.0 Å². The molecule has 0 saturated carbocycles. The summed E-state index contributed by atoms with van der Waals surface area (Å²) in [5.74, 6) is -2.35. The van der Waals surface area contributed by atoms with Crippen LogP contribution in [0.2, 0.25) is 0 Å². The van der Waals surface area contributed by atoms with E-state index in [0.29, 0.717) is 24.7 Å². The number of aromatic nitrogens is 2. The molecule has 0 fully saturated rings. The molecule has 1 aromatic carbocycles. The SMILES string of the molecule is Cc1cc([N+](=O)[O-])nn1CCCC(=O)Nc1c(F)cc(F)cc1Br. The number of hydrogen-bond acceptors (Lipinski definition) is 4. The summed E-state index contributed by atoms with van der Waals surface area (Å²) in [5, 5.41) is 16.8. The van der Waals surface area contributed by atoms with Crippen molar-refractivity contribution in [3.05, 3.63) is 50.1 Å². The average Bonchev–Trinajstić information content (AvgIpc) is 2.84. The molecule has 7 nitrogen and oxygen atoms in total. The maximum absolute atomic E-state index is 13.6. The minimum Gasteiger partial charge on any atom is -0.358 e. The quantitative estimate of drug-likeness (QED) is 0.590. The van der Waals surface area contributed by atoms with Gasteiger partial charge in [0.1, 0.15) is 5.82 Å². The highest BCUT2D eigenvalue weighted by Gasteiger charge is 2.16. The number of hydrogen-bond donors (Lipinski definition) is 1. The first-order valence-corrected chi connectivity index (χ1v) is 7.70. The largest absolute Gasteiger partial charge is 0.390 e. The summed E-state index contributed by atoms with van der Waals surface area (Å²) < 4.78 is 28.2. The smallest absolute Gasteiger partial charge is 0.358 e. The van der Waals surface area contributed by atoms with Gasteiger partial charge >= 0.3 is 5.82 Å². The Morgan fingerprint density at radius 2 is 2.12 bits per heavy atom. The fourth-order valence-corrected chi connectivity index (χ4v) is 2.57. The highest BCUT2D eigenvalue weighted by atomic mass is 79.9. The molecular formula is C14H13BrF2N4O3. The van der Waals surface area contributed by atoms with Crippen molar-refractivity contribution < 1.29 is 18.5 Å². The Hall–Kier alpha value is -2.36. The van der Waals surface area contributed by atoms with Crippen LogP contribution in [0, 0.1) is 28.7 Å². The first-order valence-electron chi connectivity index (χ1n) is 6.91. The van der Waals surface area contributed by atoms with Crippen LogP contribution in [0.1, 0.15) is 18.5 Å². The standard InChI is InChI=1S/C14H13BrF2N4O3/c1-8-5-12(21(23)24)19-20(8)4-2-3-13(22)18-14-10(15)6-9(16)7-11(14)17/h5-7H,2-4H2,1H3,(H,18,22). The fourth-order valence-electron chi connectivity index (χ4n) is 2.06. The first-order chi connectivity index (χ1) is 11.3. The molecule has 0 aliphatic rings. The molecule has 1 heterocycles. The van der Waals surface area contributed by atoms with Gasteiger partial charge in [-0.15, -0.1) is 0 Å². The predicted molar refractivity (Wildman–Crippen MR) is 85.5 cm³/mol. The maximum Gasteiger partial charge on any atom is 0.390 e. The number of aryl methyl sites for hydroxylation is 2. The van der Waals surface area contributed by atoms with Gasteiger partial charge in [-0.05, 0) is 40.3 Å². The monoisotopic (exact) mass is 402 g/mol. The molecule has 24 heavy (non-hydrogen) atoms. The van der Waals surface area contributed by atoms with Crippen LogP contribution in [0.3, 0.4) is 0 Å². The molecule has 1 N–H and O–H groups in total. The van der Waals surface area contributed by atoms with Gasteiger partial charge in [0.15, 0.2) is 5.82 Å². The van der Waals surface area contributed by atoms with E-state index in [1.807, 2.05) is 0 Å². The van der Waals surface area contributed by atoms with Crippen LogP contribution < -0.4 is 5.32 Å². The molecule has 10 heteroatoms. The number of rotatable bonds is 6. The van der Waals surface area contributed by atoms with Crippen LogP contribution in [-0.2, 0) is 11.3 Å². The van der Waals surface area contributed by atoms with Gasteiger partial charge in [-0.1, -0.05) is 0 Å². The Labute approximate surface area is 143 Å². The number of benzene rings is 1. The molecule has 0 saturated heterocycles. The van der Waals surface area contributed by atoms with Gasteiger partial charge in [0.2, 0.25) is 5.91 Å². The predicted octanol–water partition coefficient (Wildman–Crippen LogP) is 3.56. The molecule has 1 aromatic heterocycles. The molecule has 0 aliphatic carbocycles. The van der Waals surface area contributed by atoms with Crippen molar-refractivity contribution in [2.75, 3.05) is 5.32 Å². The normalized spacial score (nSPS) is 10.7. The van der Waals surface area contributed by atoms with Crippen molar-refractivity contribution in [2.45, 2.75) is 26.3 Å². The van der Waals surface area contributed by atoms with E-state index in [1.54, 1.807) is 6.92 Å². The van der Waals surface area contributed by atoms with E-state index in [4.69, 9.17) is 0 Å². The van der Waals surface area contributed by atoms with Gasteiger partial charge < -0.3 is 15.4 Å². The average molecular weight is 403 g/mol. The maximum atomic E-state index is 13.6. The van der Waals surface area contributed by atoms with Crippen molar-refractivity contribution in [1.29, 1.82) is 0 Å². The highest BCUT2D eigenvalue weighted by Crippen LogP contribution is 2.27. The van der Waals surface area contributed by atoms with Crippen molar-refractivity contribution in [2.24, 2.45) is 0 Å². The molecule has 0 bridgehead atoms. The van der Waals surface area contributed by atoms with Crippen LogP contribution in [0.25, 0.3) is 0 Å². The summed E-state index contributed by atoms with van der Waals surface area (Å²) >= 11 is 2.98. The van der Waals surface area contributed by atoms with Gasteiger partial charge in [-0.2, -0.15) is 4.68 Å². The zero-order valence-electron chi connectivity index (χ0n) is 12.6. The van der Waals surface area contributed by atoms with E-state index < -0.39 is 22.5 Å². The molecule has 0 radical (unpaired) electrons. The molecular weight excluding hydrogens is 390 g/mol. The van der Waals surface area contributed by atoms with Crippen molar-refractivity contribution in [3.63, 3.8) is 0 Å². The molecule has 2 rings (SSSR count). The summed E-state index contributed by atoms with van der Waals surface area (Å²) in [7, 11) is 0. The van der Waals surface area contributed by atoms with E-state index in [0.717, 1.165) is 6.07 Å². The van der Waals surface area contributed by atoms with Gasteiger partial charge in [-0.25, -0.2) is 8.78 Å². The van der Waals surface area contributed by atoms with Crippen molar-refractivity contribution in [3.8, 4) is 0 Å². The lowest BCUT2D eigenvalue weighted by molar-refractivity contribution is -0.389.